The number of aromatic nitrogens is 2. The van der Waals surface area contributed by atoms with Crippen molar-refractivity contribution in [1.82, 2.24) is 10.2 Å². The fourth-order valence-corrected chi connectivity index (χ4v) is 1.80. The zero-order valence-corrected chi connectivity index (χ0v) is 9.76. The van der Waals surface area contributed by atoms with Crippen LogP contribution in [0.5, 0.6) is 0 Å². The summed E-state index contributed by atoms with van der Waals surface area (Å²) in [7, 11) is 0. The lowest BCUT2D eigenvalue weighted by molar-refractivity contribution is 0.296. The fraction of sp³-hybridized carbons (Fsp3) is 0.600. The van der Waals surface area contributed by atoms with Crippen LogP contribution < -0.4 is 5.32 Å². The third kappa shape index (κ3) is 5.59. The van der Waals surface area contributed by atoms with E-state index in [9.17, 15) is 0 Å². The monoisotopic (exact) mass is 227 g/mol. The Kier molecular flexibility index (Phi) is 6.11. The standard InChI is InChI=1S/C10H17N3OS/c1-9-3-4-10(13-12-9)11-5-8-15-7-2-6-14/h3-4,14H,2,5-8H2,1H3,(H,11,13). The number of nitrogens with zero attached hydrogens (tertiary/aromatic N) is 2. The minimum Gasteiger partial charge on any atom is -0.396 e. The molecule has 0 saturated carbocycles. The van der Waals surface area contributed by atoms with Crippen molar-refractivity contribution < 1.29 is 5.11 Å². The second-order valence-electron chi connectivity index (χ2n) is 3.18. The summed E-state index contributed by atoms with van der Waals surface area (Å²) in [5.41, 5.74) is 0.929. The van der Waals surface area contributed by atoms with E-state index in [1.165, 1.54) is 0 Å². The predicted molar refractivity (Wildman–Crippen MR) is 64.3 cm³/mol. The summed E-state index contributed by atoms with van der Waals surface area (Å²) in [6.07, 6.45) is 0.870. The highest BCUT2D eigenvalue weighted by Crippen LogP contribution is 2.04. The first-order valence-corrected chi connectivity index (χ1v) is 6.21. The summed E-state index contributed by atoms with van der Waals surface area (Å²) >= 11 is 1.83. The number of aryl methyl sites for hydroxylation is 1. The molecule has 1 heterocycles. The normalized spacial score (nSPS) is 10.3. The van der Waals surface area contributed by atoms with Gasteiger partial charge in [-0.1, -0.05) is 0 Å². The molecule has 0 aliphatic heterocycles. The third-order valence-corrected chi connectivity index (χ3v) is 2.87. The van der Waals surface area contributed by atoms with Crippen LogP contribution in [0.25, 0.3) is 0 Å². The first-order valence-electron chi connectivity index (χ1n) is 5.06. The van der Waals surface area contributed by atoms with E-state index >= 15 is 0 Å². The minimum atomic E-state index is 0.282. The Labute approximate surface area is 94.5 Å². The average Bonchev–Trinajstić information content (AvgIpc) is 2.26. The molecule has 0 bridgehead atoms. The molecule has 2 N–H and O–H groups in total. The zero-order chi connectivity index (χ0) is 10.9. The largest absolute Gasteiger partial charge is 0.396 e. The molecule has 5 heteroatoms. The summed E-state index contributed by atoms with van der Waals surface area (Å²) in [5.74, 6) is 2.86. The van der Waals surface area contributed by atoms with Gasteiger partial charge in [0.2, 0.25) is 0 Å². The Morgan fingerprint density at radius 2 is 2.20 bits per heavy atom. The maximum atomic E-state index is 8.58. The van der Waals surface area contributed by atoms with Crippen molar-refractivity contribution in [1.29, 1.82) is 0 Å². The van der Waals surface area contributed by atoms with Crippen molar-refractivity contribution in [3.8, 4) is 0 Å². The first kappa shape index (κ1) is 12.3. The molecule has 0 atom stereocenters. The number of aliphatic hydroxyl groups is 1. The van der Waals surface area contributed by atoms with E-state index in [1.807, 2.05) is 30.8 Å². The van der Waals surface area contributed by atoms with E-state index < -0.39 is 0 Å². The van der Waals surface area contributed by atoms with Gasteiger partial charge in [0, 0.05) is 18.9 Å². The Bertz CT molecular complexity index is 266. The lowest BCUT2D eigenvalue weighted by atomic mass is 10.4. The van der Waals surface area contributed by atoms with Crippen LogP contribution in [0.4, 0.5) is 5.82 Å². The molecular weight excluding hydrogens is 210 g/mol. The van der Waals surface area contributed by atoms with Crippen LogP contribution in [0.3, 0.4) is 0 Å². The van der Waals surface area contributed by atoms with Gasteiger partial charge in [-0.25, -0.2) is 0 Å². The molecule has 0 radical (unpaired) electrons. The number of thioether (sulfide) groups is 1. The smallest absolute Gasteiger partial charge is 0.148 e. The number of anilines is 1. The molecule has 4 nitrogen and oxygen atoms in total. The van der Waals surface area contributed by atoms with Crippen molar-refractivity contribution in [3.63, 3.8) is 0 Å². The van der Waals surface area contributed by atoms with Crippen LogP contribution in [-0.4, -0.2) is 40.0 Å². The molecule has 0 aliphatic carbocycles. The van der Waals surface area contributed by atoms with Crippen molar-refractivity contribution in [2.75, 3.05) is 30.0 Å². The summed E-state index contributed by atoms with van der Waals surface area (Å²) in [6, 6.07) is 3.87. The number of aliphatic hydroxyl groups excluding tert-OH is 1. The Morgan fingerprint density at radius 3 is 2.87 bits per heavy atom. The zero-order valence-electron chi connectivity index (χ0n) is 8.94. The molecular formula is C10H17N3OS. The van der Waals surface area contributed by atoms with Crippen molar-refractivity contribution in [2.45, 2.75) is 13.3 Å². The quantitative estimate of drug-likeness (QED) is 0.688. The van der Waals surface area contributed by atoms with E-state index in [0.29, 0.717) is 0 Å². The Hall–Kier alpha value is -0.810. The van der Waals surface area contributed by atoms with Crippen molar-refractivity contribution >= 4 is 17.6 Å². The maximum absolute atomic E-state index is 8.58. The minimum absolute atomic E-state index is 0.282. The van der Waals surface area contributed by atoms with E-state index in [4.69, 9.17) is 5.11 Å². The number of nitrogens with one attached hydrogen (secondary N) is 1. The number of hydrogen-bond acceptors (Lipinski definition) is 5. The Morgan fingerprint density at radius 1 is 1.33 bits per heavy atom. The molecule has 0 saturated heterocycles. The van der Waals surface area contributed by atoms with Gasteiger partial charge in [-0.3, -0.25) is 0 Å². The highest BCUT2D eigenvalue weighted by atomic mass is 32.2. The lowest BCUT2D eigenvalue weighted by Gasteiger charge is -2.04. The predicted octanol–water partition coefficient (Wildman–Crippen LogP) is 1.31. The average molecular weight is 227 g/mol. The van der Waals surface area contributed by atoms with Gasteiger partial charge in [-0.15, -0.1) is 5.10 Å². The van der Waals surface area contributed by atoms with E-state index in [1.54, 1.807) is 0 Å². The molecule has 84 valence electrons. The molecule has 0 aromatic carbocycles. The lowest BCUT2D eigenvalue weighted by Crippen LogP contribution is -2.07. The number of rotatable bonds is 7. The maximum Gasteiger partial charge on any atom is 0.148 e. The summed E-state index contributed by atoms with van der Waals surface area (Å²) < 4.78 is 0. The molecule has 1 aromatic heterocycles. The van der Waals surface area contributed by atoms with Crippen LogP contribution in [0, 0.1) is 6.92 Å². The van der Waals surface area contributed by atoms with Crippen LogP contribution in [0.1, 0.15) is 12.1 Å². The topological polar surface area (TPSA) is 58.0 Å². The molecule has 0 fully saturated rings. The van der Waals surface area contributed by atoms with E-state index in [2.05, 4.69) is 15.5 Å². The van der Waals surface area contributed by atoms with Gasteiger partial charge >= 0.3 is 0 Å². The number of hydrogen-bond donors (Lipinski definition) is 2. The van der Waals surface area contributed by atoms with Crippen LogP contribution in [-0.2, 0) is 0 Å². The van der Waals surface area contributed by atoms with Crippen LogP contribution in [0.2, 0.25) is 0 Å². The summed E-state index contributed by atoms with van der Waals surface area (Å²) in [6.45, 7) is 3.08. The SMILES string of the molecule is Cc1ccc(NCCSCCCO)nn1. The molecule has 1 rings (SSSR count). The van der Waals surface area contributed by atoms with Gasteiger partial charge < -0.3 is 10.4 Å². The molecule has 0 aliphatic rings. The van der Waals surface area contributed by atoms with Gasteiger partial charge in [0.1, 0.15) is 5.82 Å². The molecule has 0 amide bonds. The van der Waals surface area contributed by atoms with Crippen molar-refractivity contribution in [2.24, 2.45) is 0 Å². The van der Waals surface area contributed by atoms with E-state index in [-0.39, 0.29) is 6.61 Å². The second-order valence-corrected chi connectivity index (χ2v) is 4.40. The third-order valence-electron chi connectivity index (χ3n) is 1.80. The summed E-state index contributed by atoms with van der Waals surface area (Å²) in [4.78, 5) is 0. The molecule has 0 unspecified atom stereocenters. The van der Waals surface area contributed by atoms with Gasteiger partial charge in [0.25, 0.3) is 0 Å². The Balaban J connectivity index is 2.07. The molecule has 15 heavy (non-hydrogen) atoms. The second kappa shape index (κ2) is 7.48. The first-order chi connectivity index (χ1) is 7.33. The fourth-order valence-electron chi connectivity index (χ4n) is 1.01. The molecule has 0 spiro atoms. The highest BCUT2D eigenvalue weighted by Gasteiger charge is 1.93. The van der Waals surface area contributed by atoms with Gasteiger partial charge in [0.15, 0.2) is 0 Å². The van der Waals surface area contributed by atoms with E-state index in [0.717, 1.165) is 36.0 Å². The van der Waals surface area contributed by atoms with Crippen molar-refractivity contribution in [3.05, 3.63) is 17.8 Å². The van der Waals surface area contributed by atoms with Gasteiger partial charge in [-0.2, -0.15) is 16.9 Å². The highest BCUT2D eigenvalue weighted by molar-refractivity contribution is 7.99. The van der Waals surface area contributed by atoms with Crippen LogP contribution >= 0.6 is 11.8 Å². The summed E-state index contributed by atoms with van der Waals surface area (Å²) in [5, 5.41) is 19.7. The van der Waals surface area contributed by atoms with Crippen LogP contribution in [0.15, 0.2) is 12.1 Å². The molecule has 1 aromatic rings. The van der Waals surface area contributed by atoms with Gasteiger partial charge in [0.05, 0.1) is 5.69 Å². The van der Waals surface area contributed by atoms with Gasteiger partial charge in [-0.05, 0) is 31.2 Å².